The zero-order chi connectivity index (χ0) is 17.6. The van der Waals surface area contributed by atoms with Crippen molar-refractivity contribution in [3.05, 3.63) is 66.2 Å². The smallest absolute Gasteiger partial charge is 0.258 e. The predicted octanol–water partition coefficient (Wildman–Crippen LogP) is 2.49. The molecule has 1 aromatic carbocycles. The van der Waals surface area contributed by atoms with Gasteiger partial charge in [0, 0.05) is 43.3 Å². The van der Waals surface area contributed by atoms with Gasteiger partial charge in [-0.3, -0.25) is 14.5 Å². The minimum absolute atomic E-state index is 0.0133. The molecule has 2 aromatic heterocycles. The summed E-state index contributed by atoms with van der Waals surface area (Å²) in [5, 5.41) is 7.01. The number of carbonyl (C=O) groups is 1. The van der Waals surface area contributed by atoms with E-state index in [0.717, 1.165) is 28.0 Å². The summed E-state index contributed by atoms with van der Waals surface area (Å²) in [6.45, 7) is 2.33. The fourth-order valence-electron chi connectivity index (χ4n) is 2.43. The molecule has 25 heavy (non-hydrogen) atoms. The van der Waals surface area contributed by atoms with Crippen LogP contribution in [0.2, 0.25) is 0 Å². The van der Waals surface area contributed by atoms with Gasteiger partial charge in [0.15, 0.2) is 6.61 Å². The summed E-state index contributed by atoms with van der Waals surface area (Å²) in [6, 6.07) is 9.61. The van der Waals surface area contributed by atoms with E-state index in [0.29, 0.717) is 6.54 Å². The highest BCUT2D eigenvalue weighted by Crippen LogP contribution is 2.18. The Hall–Kier alpha value is -3.15. The normalized spacial score (nSPS) is 10.5. The first kappa shape index (κ1) is 16.7. The number of para-hydroxylation sites is 1. The Bertz CT molecular complexity index is 873. The first-order valence-electron chi connectivity index (χ1n) is 8.00. The quantitative estimate of drug-likeness (QED) is 0.751. The van der Waals surface area contributed by atoms with E-state index in [1.54, 1.807) is 23.3 Å². The average molecular weight is 336 g/mol. The summed E-state index contributed by atoms with van der Waals surface area (Å²) in [6.07, 6.45) is 7.23. The van der Waals surface area contributed by atoms with Crippen molar-refractivity contribution in [1.29, 1.82) is 0 Å². The molecular formula is C19H20N4O2. The number of aryl methyl sites for hydroxylation is 2. The van der Waals surface area contributed by atoms with Gasteiger partial charge < -0.3 is 10.1 Å². The Morgan fingerprint density at radius 1 is 1.20 bits per heavy atom. The third kappa shape index (κ3) is 4.44. The topological polar surface area (TPSA) is 69.0 Å². The van der Waals surface area contributed by atoms with Crippen LogP contribution in [0.25, 0.3) is 11.1 Å². The summed E-state index contributed by atoms with van der Waals surface area (Å²) < 4.78 is 7.29. The fraction of sp³-hybridized carbons (Fsp3) is 0.211. The van der Waals surface area contributed by atoms with E-state index in [1.165, 1.54) is 0 Å². The Kier molecular flexibility index (Phi) is 5.09. The highest BCUT2D eigenvalue weighted by atomic mass is 16.5. The van der Waals surface area contributed by atoms with Crippen molar-refractivity contribution in [2.75, 3.05) is 6.61 Å². The summed E-state index contributed by atoms with van der Waals surface area (Å²) in [4.78, 5) is 16.2. The van der Waals surface area contributed by atoms with Crippen LogP contribution in [0, 0.1) is 6.92 Å². The van der Waals surface area contributed by atoms with Gasteiger partial charge in [0.2, 0.25) is 0 Å². The summed E-state index contributed by atoms with van der Waals surface area (Å²) in [5.41, 5.74) is 3.89. The minimum Gasteiger partial charge on any atom is -0.484 e. The number of hydrogen-bond acceptors (Lipinski definition) is 4. The van der Waals surface area contributed by atoms with Crippen molar-refractivity contribution in [1.82, 2.24) is 20.1 Å². The third-order valence-corrected chi connectivity index (χ3v) is 3.78. The number of hydrogen-bond donors (Lipinski definition) is 1. The van der Waals surface area contributed by atoms with Gasteiger partial charge >= 0.3 is 0 Å². The van der Waals surface area contributed by atoms with Crippen LogP contribution in [0.3, 0.4) is 0 Å². The molecule has 0 aliphatic carbocycles. The number of aromatic nitrogens is 3. The molecule has 3 rings (SSSR count). The van der Waals surface area contributed by atoms with Gasteiger partial charge in [-0.2, -0.15) is 5.10 Å². The maximum Gasteiger partial charge on any atom is 0.258 e. The van der Waals surface area contributed by atoms with Crippen LogP contribution < -0.4 is 10.1 Å². The molecule has 0 spiro atoms. The monoisotopic (exact) mass is 336 g/mol. The molecule has 0 fully saturated rings. The third-order valence-electron chi connectivity index (χ3n) is 3.78. The molecule has 2 heterocycles. The molecule has 6 heteroatoms. The summed E-state index contributed by atoms with van der Waals surface area (Å²) in [7, 11) is 1.87. The SMILES string of the molecule is Cc1ccccc1OCC(=O)NCc1cncc(-c2cnn(C)c2)c1. The van der Waals surface area contributed by atoms with Crippen molar-refractivity contribution in [2.45, 2.75) is 13.5 Å². The van der Waals surface area contributed by atoms with Gasteiger partial charge in [0.1, 0.15) is 5.75 Å². The van der Waals surface area contributed by atoms with Gasteiger partial charge in [0.05, 0.1) is 6.20 Å². The Morgan fingerprint density at radius 2 is 2.04 bits per heavy atom. The number of nitrogens with one attached hydrogen (secondary N) is 1. The Labute approximate surface area is 146 Å². The van der Waals surface area contributed by atoms with Gasteiger partial charge in [0.25, 0.3) is 5.91 Å². The van der Waals surface area contributed by atoms with Crippen molar-refractivity contribution < 1.29 is 9.53 Å². The van der Waals surface area contributed by atoms with Crippen LogP contribution in [-0.2, 0) is 18.4 Å². The largest absolute Gasteiger partial charge is 0.484 e. The summed E-state index contributed by atoms with van der Waals surface area (Å²) >= 11 is 0. The molecule has 1 N–H and O–H groups in total. The number of amides is 1. The van der Waals surface area contributed by atoms with Crippen molar-refractivity contribution >= 4 is 5.91 Å². The average Bonchev–Trinajstić information content (AvgIpc) is 3.06. The van der Waals surface area contributed by atoms with Crippen LogP contribution in [0.4, 0.5) is 0 Å². The van der Waals surface area contributed by atoms with Gasteiger partial charge in [-0.1, -0.05) is 18.2 Å². The highest BCUT2D eigenvalue weighted by Gasteiger charge is 2.06. The fourth-order valence-corrected chi connectivity index (χ4v) is 2.43. The van der Waals surface area contributed by atoms with Crippen LogP contribution in [0.5, 0.6) is 5.75 Å². The zero-order valence-electron chi connectivity index (χ0n) is 14.3. The van der Waals surface area contributed by atoms with Crippen LogP contribution >= 0.6 is 0 Å². The Balaban J connectivity index is 1.55. The van der Waals surface area contributed by atoms with E-state index in [9.17, 15) is 4.79 Å². The molecule has 0 saturated heterocycles. The molecule has 0 saturated carbocycles. The molecule has 1 amide bonds. The van der Waals surface area contributed by atoms with E-state index in [-0.39, 0.29) is 12.5 Å². The first-order valence-corrected chi connectivity index (χ1v) is 8.00. The van der Waals surface area contributed by atoms with E-state index in [4.69, 9.17) is 4.74 Å². The molecule has 0 aliphatic heterocycles. The van der Waals surface area contributed by atoms with Gasteiger partial charge in [-0.25, -0.2) is 0 Å². The van der Waals surface area contributed by atoms with Crippen molar-refractivity contribution in [3.63, 3.8) is 0 Å². The molecular weight excluding hydrogens is 316 g/mol. The molecule has 0 unspecified atom stereocenters. The van der Waals surface area contributed by atoms with E-state index in [1.807, 2.05) is 50.5 Å². The number of pyridine rings is 1. The highest BCUT2D eigenvalue weighted by molar-refractivity contribution is 5.77. The molecule has 6 nitrogen and oxygen atoms in total. The first-order chi connectivity index (χ1) is 12.1. The van der Waals surface area contributed by atoms with Crippen LogP contribution in [0.15, 0.2) is 55.1 Å². The van der Waals surface area contributed by atoms with Gasteiger partial charge in [-0.15, -0.1) is 0 Å². The second-order valence-corrected chi connectivity index (χ2v) is 5.82. The van der Waals surface area contributed by atoms with Crippen LogP contribution in [0.1, 0.15) is 11.1 Å². The molecule has 0 radical (unpaired) electrons. The van der Waals surface area contributed by atoms with Gasteiger partial charge in [-0.05, 0) is 30.2 Å². The molecule has 0 aliphatic rings. The maximum atomic E-state index is 12.0. The lowest BCUT2D eigenvalue weighted by atomic mass is 10.1. The van der Waals surface area contributed by atoms with E-state index < -0.39 is 0 Å². The molecule has 3 aromatic rings. The second kappa shape index (κ2) is 7.61. The lowest BCUT2D eigenvalue weighted by molar-refractivity contribution is -0.123. The van der Waals surface area contributed by atoms with E-state index in [2.05, 4.69) is 15.4 Å². The second-order valence-electron chi connectivity index (χ2n) is 5.82. The minimum atomic E-state index is -0.171. The maximum absolute atomic E-state index is 12.0. The molecule has 0 bridgehead atoms. The number of ether oxygens (including phenoxy) is 1. The summed E-state index contributed by atoms with van der Waals surface area (Å²) in [5.74, 6) is 0.549. The number of rotatable bonds is 6. The predicted molar refractivity (Wildman–Crippen MR) is 95.0 cm³/mol. The van der Waals surface area contributed by atoms with Crippen molar-refractivity contribution in [3.8, 4) is 16.9 Å². The zero-order valence-corrected chi connectivity index (χ0v) is 14.3. The number of benzene rings is 1. The standard InChI is InChI=1S/C19H20N4O2/c1-14-5-3-4-6-18(14)25-13-19(24)21-9-15-7-16(10-20-8-15)17-11-22-23(2)12-17/h3-8,10-12H,9,13H2,1-2H3,(H,21,24). The number of carbonyl (C=O) groups excluding carboxylic acids is 1. The Morgan fingerprint density at radius 3 is 2.80 bits per heavy atom. The molecule has 0 atom stereocenters. The van der Waals surface area contributed by atoms with Crippen molar-refractivity contribution in [2.24, 2.45) is 7.05 Å². The lowest BCUT2D eigenvalue weighted by Gasteiger charge is -2.09. The number of nitrogens with zero attached hydrogens (tertiary/aromatic N) is 3. The van der Waals surface area contributed by atoms with E-state index >= 15 is 0 Å². The lowest BCUT2D eigenvalue weighted by Crippen LogP contribution is -2.28. The van der Waals surface area contributed by atoms with Crippen LogP contribution in [-0.4, -0.2) is 27.3 Å². The molecule has 128 valence electrons.